The lowest BCUT2D eigenvalue weighted by atomic mass is 10.0. The Morgan fingerprint density at radius 2 is 1.82 bits per heavy atom. The number of carbonyl (C=O) groups excluding carboxylic acids is 1. The van der Waals surface area contributed by atoms with Gasteiger partial charge < -0.3 is 9.47 Å². The monoisotopic (exact) mass is 632 g/mol. The number of hydrogen-bond donors (Lipinski definition) is 0. The molecule has 2 aromatic carbocycles. The van der Waals surface area contributed by atoms with Crippen molar-refractivity contribution in [3.8, 4) is 17.2 Å². The second-order valence-corrected chi connectivity index (χ2v) is 12.4. The van der Waals surface area contributed by atoms with Crippen molar-refractivity contribution in [2.24, 2.45) is 0 Å². The third-order valence-electron chi connectivity index (χ3n) is 4.00. The molecule has 7 heteroatoms. The van der Waals surface area contributed by atoms with Gasteiger partial charge in [-0.15, -0.1) is 11.3 Å². The van der Waals surface area contributed by atoms with E-state index < -0.39 is 2.94 Å². The minimum Gasteiger partial charge on any atom is -0.466 e. The van der Waals surface area contributed by atoms with Gasteiger partial charge >= 0.3 is 0 Å². The summed E-state index contributed by atoms with van der Waals surface area (Å²) in [5.41, 5.74) is 1.16. The lowest BCUT2D eigenvalue weighted by Crippen LogP contribution is -2.22. The first-order valence-electron chi connectivity index (χ1n) is 8.39. The lowest BCUT2D eigenvalue weighted by molar-refractivity contribution is 0.103. The standard InChI is InChI=1S/C21H14I2O3S2/c22-19-9-11-21(23,28-19)26-18-4-2-1-3-17(18)20(24)14-5-7-15(8-6-14)25-16-10-12-27-13-16/h1-10,12-13H,11H2. The van der Waals surface area contributed by atoms with E-state index in [9.17, 15) is 4.79 Å². The molecule has 0 saturated carbocycles. The summed E-state index contributed by atoms with van der Waals surface area (Å²) in [6.07, 6.45) is 2.95. The first-order chi connectivity index (χ1) is 13.5. The van der Waals surface area contributed by atoms with E-state index in [0.29, 0.717) is 22.6 Å². The zero-order valence-corrected chi connectivity index (χ0v) is 20.4. The number of alkyl halides is 1. The molecular weight excluding hydrogens is 618 g/mol. The average Bonchev–Trinajstić information content (AvgIpc) is 3.32. The van der Waals surface area contributed by atoms with E-state index in [2.05, 4.69) is 51.3 Å². The van der Waals surface area contributed by atoms with Gasteiger partial charge in [0.1, 0.15) is 17.2 Å². The molecule has 0 fully saturated rings. The Morgan fingerprint density at radius 3 is 2.50 bits per heavy atom. The summed E-state index contributed by atoms with van der Waals surface area (Å²) in [6.45, 7) is 0. The summed E-state index contributed by atoms with van der Waals surface area (Å²) in [6, 6.07) is 16.5. The topological polar surface area (TPSA) is 35.5 Å². The highest BCUT2D eigenvalue weighted by Gasteiger charge is 2.35. The average molecular weight is 632 g/mol. The molecule has 2 heterocycles. The van der Waals surface area contributed by atoms with Crippen LogP contribution in [0.15, 0.2) is 74.3 Å². The molecule has 1 unspecified atom stereocenters. The van der Waals surface area contributed by atoms with Gasteiger partial charge in [0.05, 0.1) is 5.56 Å². The third kappa shape index (κ3) is 4.74. The van der Waals surface area contributed by atoms with Crippen LogP contribution in [-0.2, 0) is 0 Å². The van der Waals surface area contributed by atoms with Crippen molar-refractivity contribution in [3.05, 3.63) is 85.5 Å². The second kappa shape index (κ2) is 8.76. The number of carbonyl (C=O) groups is 1. The van der Waals surface area contributed by atoms with E-state index >= 15 is 0 Å². The molecule has 1 aromatic heterocycles. The molecule has 3 nitrogen and oxygen atoms in total. The molecule has 3 aromatic rings. The van der Waals surface area contributed by atoms with E-state index in [1.807, 2.05) is 53.2 Å². The van der Waals surface area contributed by atoms with Gasteiger partial charge in [-0.05, 0) is 93.0 Å². The zero-order chi connectivity index (χ0) is 19.6. The van der Waals surface area contributed by atoms with E-state index in [-0.39, 0.29) is 5.78 Å². The summed E-state index contributed by atoms with van der Waals surface area (Å²) in [5, 5.41) is 3.90. The number of halogens is 2. The number of ether oxygens (including phenoxy) is 2. The minimum absolute atomic E-state index is 0.0664. The van der Waals surface area contributed by atoms with Crippen molar-refractivity contribution in [2.45, 2.75) is 9.36 Å². The van der Waals surface area contributed by atoms with Gasteiger partial charge in [0.15, 0.2) is 5.78 Å². The van der Waals surface area contributed by atoms with Gasteiger partial charge in [-0.1, -0.05) is 30.0 Å². The normalized spacial score (nSPS) is 18.6. The lowest BCUT2D eigenvalue weighted by Gasteiger charge is -2.24. The van der Waals surface area contributed by atoms with E-state index in [1.54, 1.807) is 35.2 Å². The number of ketones is 1. The molecule has 0 bridgehead atoms. The molecule has 1 aliphatic heterocycles. The Bertz CT molecular complexity index is 1020. The molecule has 0 aliphatic carbocycles. The number of thioether (sulfide) groups is 1. The predicted octanol–water partition coefficient (Wildman–Crippen LogP) is 7.65. The summed E-state index contributed by atoms with van der Waals surface area (Å²) < 4.78 is 12.8. The number of para-hydroxylation sites is 1. The molecule has 0 amide bonds. The molecule has 0 spiro atoms. The van der Waals surface area contributed by atoms with E-state index in [1.165, 1.54) is 2.91 Å². The second-order valence-electron chi connectivity index (χ2n) is 5.99. The van der Waals surface area contributed by atoms with Gasteiger partial charge in [0, 0.05) is 20.3 Å². The van der Waals surface area contributed by atoms with Gasteiger partial charge in [-0.25, -0.2) is 0 Å². The molecule has 0 N–H and O–H groups in total. The first kappa shape index (κ1) is 20.2. The predicted molar refractivity (Wildman–Crippen MR) is 132 cm³/mol. The van der Waals surface area contributed by atoms with Crippen LogP contribution in [0.25, 0.3) is 0 Å². The Hall–Kier alpha value is -1.04. The zero-order valence-electron chi connectivity index (χ0n) is 14.4. The highest BCUT2D eigenvalue weighted by Crippen LogP contribution is 2.50. The number of benzene rings is 2. The van der Waals surface area contributed by atoms with Gasteiger partial charge in [0.2, 0.25) is 2.94 Å². The van der Waals surface area contributed by atoms with Crippen molar-refractivity contribution in [1.29, 1.82) is 0 Å². The summed E-state index contributed by atoms with van der Waals surface area (Å²) in [4.78, 5) is 13.1. The van der Waals surface area contributed by atoms with Crippen molar-refractivity contribution in [2.75, 3.05) is 0 Å². The van der Waals surface area contributed by atoms with Crippen LogP contribution in [0, 0.1) is 0 Å². The quantitative estimate of drug-likeness (QED) is 0.159. The molecule has 28 heavy (non-hydrogen) atoms. The maximum atomic E-state index is 13.1. The van der Waals surface area contributed by atoms with E-state index in [0.717, 1.165) is 12.2 Å². The highest BCUT2D eigenvalue weighted by atomic mass is 127. The van der Waals surface area contributed by atoms with Crippen LogP contribution in [0.2, 0.25) is 0 Å². The molecule has 1 aliphatic rings. The first-order valence-corrected chi connectivity index (χ1v) is 12.3. The van der Waals surface area contributed by atoms with Crippen molar-refractivity contribution >= 4 is 74.1 Å². The molecule has 4 rings (SSSR count). The fraction of sp³-hybridized carbons (Fsp3) is 0.0952. The third-order valence-corrected chi connectivity index (χ3v) is 8.00. The van der Waals surface area contributed by atoms with Crippen LogP contribution in [0.3, 0.4) is 0 Å². The molecule has 0 saturated heterocycles. The number of hydrogen-bond acceptors (Lipinski definition) is 5. The fourth-order valence-electron chi connectivity index (χ4n) is 2.68. The molecule has 0 radical (unpaired) electrons. The minimum atomic E-state index is -0.414. The maximum absolute atomic E-state index is 13.1. The summed E-state index contributed by atoms with van der Waals surface area (Å²) in [7, 11) is 0. The van der Waals surface area contributed by atoms with E-state index in [4.69, 9.17) is 9.47 Å². The van der Waals surface area contributed by atoms with Crippen LogP contribution < -0.4 is 9.47 Å². The molecular formula is C21H14I2O3S2. The largest absolute Gasteiger partial charge is 0.466 e. The van der Waals surface area contributed by atoms with Gasteiger partial charge in [-0.2, -0.15) is 0 Å². The number of thiophene rings is 1. The maximum Gasteiger partial charge on any atom is 0.213 e. The van der Waals surface area contributed by atoms with Crippen LogP contribution >= 0.6 is 68.3 Å². The smallest absolute Gasteiger partial charge is 0.213 e. The van der Waals surface area contributed by atoms with Crippen LogP contribution in [0.1, 0.15) is 22.3 Å². The Balaban J connectivity index is 1.53. The van der Waals surface area contributed by atoms with Crippen LogP contribution in [0.5, 0.6) is 17.2 Å². The summed E-state index contributed by atoms with van der Waals surface area (Å²) in [5.74, 6) is 2.04. The van der Waals surface area contributed by atoms with Crippen molar-refractivity contribution in [1.82, 2.24) is 0 Å². The van der Waals surface area contributed by atoms with Crippen molar-refractivity contribution < 1.29 is 14.3 Å². The Morgan fingerprint density at radius 1 is 1.04 bits per heavy atom. The molecule has 142 valence electrons. The highest BCUT2D eigenvalue weighted by molar-refractivity contribution is 14.1. The SMILES string of the molecule is O=C(c1ccc(Oc2ccsc2)cc1)c1ccccc1OC1(I)CC=C(I)S1. The van der Waals surface area contributed by atoms with Gasteiger partial charge in [0.25, 0.3) is 0 Å². The van der Waals surface area contributed by atoms with Crippen LogP contribution in [0.4, 0.5) is 0 Å². The van der Waals surface area contributed by atoms with Gasteiger partial charge in [-0.3, -0.25) is 4.79 Å². The summed E-state index contributed by atoms with van der Waals surface area (Å²) >= 11 is 7.86. The molecule has 1 atom stereocenters. The Kier molecular flexibility index (Phi) is 6.34. The Labute approximate surface area is 198 Å². The van der Waals surface area contributed by atoms with Crippen molar-refractivity contribution in [3.63, 3.8) is 0 Å². The van der Waals surface area contributed by atoms with Crippen LogP contribution in [-0.4, -0.2) is 8.72 Å². The fourth-order valence-corrected chi connectivity index (χ4v) is 7.71. The number of rotatable bonds is 6.